The molecular formula is C21H24F3N5O3. The average molecular weight is 451 g/mol. The molecule has 0 aliphatic carbocycles. The van der Waals surface area contributed by atoms with Crippen molar-refractivity contribution in [1.29, 1.82) is 5.26 Å². The van der Waals surface area contributed by atoms with Gasteiger partial charge in [0.2, 0.25) is 5.91 Å². The molecule has 3 amide bonds. The van der Waals surface area contributed by atoms with E-state index in [0.717, 1.165) is 6.07 Å². The fraction of sp³-hybridized carbons (Fsp3) is 0.619. The fourth-order valence-electron chi connectivity index (χ4n) is 4.66. The Labute approximate surface area is 183 Å². The Hall–Kier alpha value is -2.87. The fourth-order valence-corrected chi connectivity index (χ4v) is 4.66. The largest absolute Gasteiger partial charge is 0.419 e. The van der Waals surface area contributed by atoms with Crippen molar-refractivity contribution in [3.8, 4) is 6.07 Å². The number of carbonyl (C=O) groups is 2. The summed E-state index contributed by atoms with van der Waals surface area (Å²) in [5.74, 6) is -0.0426. The molecule has 4 heterocycles. The lowest BCUT2D eigenvalue weighted by molar-refractivity contribution is -0.140. The van der Waals surface area contributed by atoms with Crippen LogP contribution in [0.3, 0.4) is 0 Å². The number of carbonyl (C=O) groups excluding carboxylic acids is 2. The van der Waals surface area contributed by atoms with Crippen LogP contribution in [0.5, 0.6) is 0 Å². The van der Waals surface area contributed by atoms with Gasteiger partial charge in [-0.2, -0.15) is 18.4 Å². The van der Waals surface area contributed by atoms with Gasteiger partial charge in [-0.15, -0.1) is 0 Å². The second-order valence-electron chi connectivity index (χ2n) is 8.52. The highest BCUT2D eigenvalue weighted by Gasteiger charge is 2.38. The SMILES string of the molecule is N#Cc1ncc(CC2CCN(C(=O)N3CC[C@@H]4OCC(=O)N[C@@H]4C3)CC2)cc1C(F)(F)F. The zero-order valence-corrected chi connectivity index (χ0v) is 17.4. The number of urea groups is 1. The maximum atomic E-state index is 13.2. The molecule has 1 aromatic heterocycles. The molecule has 3 saturated heterocycles. The summed E-state index contributed by atoms with van der Waals surface area (Å²) in [6.07, 6.45) is -0.929. The van der Waals surface area contributed by atoms with Crippen molar-refractivity contribution in [2.45, 2.75) is 44.0 Å². The van der Waals surface area contributed by atoms with Gasteiger partial charge in [0.25, 0.3) is 0 Å². The number of nitrogens with zero attached hydrogens (tertiary/aromatic N) is 4. The summed E-state index contributed by atoms with van der Waals surface area (Å²) in [4.78, 5) is 31.7. The molecule has 11 heteroatoms. The maximum Gasteiger partial charge on any atom is 0.419 e. The highest BCUT2D eigenvalue weighted by Crippen LogP contribution is 2.32. The summed E-state index contributed by atoms with van der Waals surface area (Å²) in [6, 6.07) is 2.22. The molecule has 3 fully saturated rings. The molecule has 0 unspecified atom stereocenters. The van der Waals surface area contributed by atoms with Crippen molar-refractivity contribution in [2.24, 2.45) is 5.92 Å². The Morgan fingerprint density at radius 2 is 1.97 bits per heavy atom. The molecule has 0 aromatic carbocycles. The minimum absolute atomic E-state index is 0.0574. The molecule has 0 bridgehead atoms. The molecule has 172 valence electrons. The van der Waals surface area contributed by atoms with Crippen LogP contribution in [-0.4, -0.2) is 71.7 Å². The van der Waals surface area contributed by atoms with Crippen LogP contribution in [0.1, 0.15) is 36.1 Å². The molecule has 0 radical (unpaired) electrons. The van der Waals surface area contributed by atoms with Gasteiger partial charge in [0.1, 0.15) is 12.7 Å². The van der Waals surface area contributed by atoms with Crippen LogP contribution >= 0.6 is 0 Å². The number of amides is 3. The first-order valence-electron chi connectivity index (χ1n) is 10.7. The second kappa shape index (κ2) is 8.94. The zero-order chi connectivity index (χ0) is 22.9. The van der Waals surface area contributed by atoms with E-state index in [4.69, 9.17) is 10.00 Å². The quantitative estimate of drug-likeness (QED) is 0.741. The van der Waals surface area contributed by atoms with Gasteiger partial charge in [0, 0.05) is 32.4 Å². The number of likely N-dealkylation sites (tertiary alicyclic amines) is 2. The first-order valence-corrected chi connectivity index (χ1v) is 10.7. The van der Waals surface area contributed by atoms with Gasteiger partial charge in [-0.05, 0) is 43.2 Å². The smallest absolute Gasteiger partial charge is 0.366 e. The zero-order valence-electron chi connectivity index (χ0n) is 17.4. The number of nitrogens with one attached hydrogen (secondary N) is 1. The summed E-state index contributed by atoms with van der Waals surface area (Å²) in [5, 5.41) is 11.8. The third kappa shape index (κ3) is 4.80. The van der Waals surface area contributed by atoms with E-state index in [1.54, 1.807) is 9.80 Å². The number of alkyl halides is 3. The number of ether oxygens (including phenoxy) is 1. The van der Waals surface area contributed by atoms with E-state index in [-0.39, 0.29) is 36.6 Å². The Morgan fingerprint density at radius 3 is 2.66 bits per heavy atom. The lowest BCUT2D eigenvalue weighted by Crippen LogP contribution is -2.62. The summed E-state index contributed by atoms with van der Waals surface area (Å²) >= 11 is 0. The topological polar surface area (TPSA) is 98.6 Å². The van der Waals surface area contributed by atoms with E-state index >= 15 is 0 Å². The number of pyridine rings is 1. The van der Waals surface area contributed by atoms with Crippen molar-refractivity contribution in [3.63, 3.8) is 0 Å². The molecule has 1 N–H and O–H groups in total. The van der Waals surface area contributed by atoms with Gasteiger partial charge >= 0.3 is 12.2 Å². The lowest BCUT2D eigenvalue weighted by atomic mass is 9.90. The number of rotatable bonds is 2. The van der Waals surface area contributed by atoms with E-state index in [1.165, 1.54) is 12.3 Å². The van der Waals surface area contributed by atoms with Crippen LogP contribution in [0.15, 0.2) is 12.3 Å². The minimum Gasteiger partial charge on any atom is -0.366 e. The Kier molecular flexibility index (Phi) is 6.24. The monoisotopic (exact) mass is 451 g/mol. The standard InChI is InChI=1S/C21H24F3N5O3/c22-21(23,24)15-8-14(10-26-16(15)9-25)7-13-1-4-28(5-2-13)20(31)29-6-3-18-17(11-29)27-19(30)12-32-18/h8,10,13,17-18H,1-7,11-12H2,(H,27,30)/t17-,18+/m1/s1. The first-order chi connectivity index (χ1) is 15.2. The maximum absolute atomic E-state index is 13.2. The number of piperidine rings is 2. The van der Waals surface area contributed by atoms with Crippen LogP contribution in [0.25, 0.3) is 0 Å². The number of fused-ring (bicyclic) bond motifs is 1. The number of hydrogen-bond acceptors (Lipinski definition) is 5. The number of nitriles is 1. The Balaban J connectivity index is 1.31. The molecule has 1 aromatic rings. The third-order valence-corrected chi connectivity index (χ3v) is 6.36. The van der Waals surface area contributed by atoms with Gasteiger partial charge < -0.3 is 19.9 Å². The van der Waals surface area contributed by atoms with Crippen LogP contribution in [-0.2, 0) is 22.1 Å². The highest BCUT2D eigenvalue weighted by molar-refractivity contribution is 5.79. The van der Waals surface area contributed by atoms with Crippen molar-refractivity contribution in [1.82, 2.24) is 20.1 Å². The first kappa shape index (κ1) is 22.3. The number of morpholine rings is 1. The summed E-state index contributed by atoms with van der Waals surface area (Å²) in [5.41, 5.74) is -1.19. The van der Waals surface area contributed by atoms with E-state index in [9.17, 15) is 22.8 Å². The second-order valence-corrected chi connectivity index (χ2v) is 8.52. The molecule has 3 aliphatic rings. The molecule has 2 atom stereocenters. The van der Waals surface area contributed by atoms with Crippen molar-refractivity contribution >= 4 is 11.9 Å². The van der Waals surface area contributed by atoms with Gasteiger partial charge in [0.05, 0.1) is 17.7 Å². The molecule has 8 nitrogen and oxygen atoms in total. The molecule has 0 spiro atoms. The molecule has 32 heavy (non-hydrogen) atoms. The van der Waals surface area contributed by atoms with Gasteiger partial charge in [-0.25, -0.2) is 9.78 Å². The van der Waals surface area contributed by atoms with E-state index in [2.05, 4.69) is 10.3 Å². The Morgan fingerprint density at radius 1 is 1.25 bits per heavy atom. The van der Waals surface area contributed by atoms with Crippen LogP contribution < -0.4 is 5.32 Å². The average Bonchev–Trinajstić information content (AvgIpc) is 2.78. The van der Waals surface area contributed by atoms with Crippen molar-refractivity contribution < 1.29 is 27.5 Å². The number of hydrogen-bond donors (Lipinski definition) is 1. The predicted molar refractivity (Wildman–Crippen MR) is 105 cm³/mol. The van der Waals surface area contributed by atoms with Crippen LogP contribution in [0.4, 0.5) is 18.0 Å². The summed E-state index contributed by atoms with van der Waals surface area (Å²) in [7, 11) is 0. The lowest BCUT2D eigenvalue weighted by Gasteiger charge is -2.43. The van der Waals surface area contributed by atoms with Gasteiger partial charge in [0.15, 0.2) is 5.69 Å². The number of halogens is 3. The Bertz CT molecular complexity index is 924. The summed E-state index contributed by atoms with van der Waals surface area (Å²) < 4.78 is 45.0. The predicted octanol–water partition coefficient (Wildman–Crippen LogP) is 1.94. The minimum atomic E-state index is -4.62. The third-order valence-electron chi connectivity index (χ3n) is 6.36. The van der Waals surface area contributed by atoms with Crippen LogP contribution in [0, 0.1) is 17.2 Å². The molecule has 3 aliphatic heterocycles. The van der Waals surface area contributed by atoms with Crippen molar-refractivity contribution in [3.05, 3.63) is 29.1 Å². The molecular weight excluding hydrogens is 427 g/mol. The van der Waals surface area contributed by atoms with Crippen molar-refractivity contribution in [2.75, 3.05) is 32.8 Å². The van der Waals surface area contributed by atoms with Crippen LogP contribution in [0.2, 0.25) is 0 Å². The molecule has 0 saturated carbocycles. The van der Waals surface area contributed by atoms with Gasteiger partial charge in [-0.1, -0.05) is 0 Å². The summed E-state index contributed by atoms with van der Waals surface area (Å²) in [6.45, 7) is 2.07. The highest BCUT2D eigenvalue weighted by atomic mass is 19.4. The van der Waals surface area contributed by atoms with Gasteiger partial charge in [-0.3, -0.25) is 4.79 Å². The normalized spacial score (nSPS) is 24.5. The van der Waals surface area contributed by atoms with E-state index in [1.807, 2.05) is 0 Å². The van der Waals surface area contributed by atoms with E-state index < -0.39 is 17.4 Å². The molecule has 4 rings (SSSR count). The number of aromatic nitrogens is 1. The van der Waals surface area contributed by atoms with E-state index in [0.29, 0.717) is 57.4 Å².